The summed E-state index contributed by atoms with van der Waals surface area (Å²) in [6.07, 6.45) is 0. The summed E-state index contributed by atoms with van der Waals surface area (Å²) in [4.78, 5) is 0. The van der Waals surface area contributed by atoms with Crippen LogP contribution >= 0.6 is 27.5 Å². The van der Waals surface area contributed by atoms with E-state index in [0.29, 0.717) is 5.02 Å². The van der Waals surface area contributed by atoms with Gasteiger partial charge in [-0.15, -0.1) is 0 Å². The molecule has 0 fully saturated rings. The molecular formula is C15H14BrClFNO. The van der Waals surface area contributed by atoms with Crippen LogP contribution in [-0.2, 0) is 0 Å². The molecule has 0 radical (unpaired) electrons. The normalized spacial score (nSPS) is 12.2. The van der Waals surface area contributed by atoms with Gasteiger partial charge >= 0.3 is 0 Å². The molecule has 0 heterocycles. The highest BCUT2D eigenvalue weighted by Crippen LogP contribution is 2.30. The Morgan fingerprint density at radius 3 is 2.40 bits per heavy atom. The summed E-state index contributed by atoms with van der Waals surface area (Å²) in [6, 6.07) is 10.5. The van der Waals surface area contributed by atoms with Crippen molar-refractivity contribution in [1.82, 2.24) is 5.32 Å². The van der Waals surface area contributed by atoms with Crippen molar-refractivity contribution in [2.24, 2.45) is 0 Å². The number of benzene rings is 2. The van der Waals surface area contributed by atoms with Gasteiger partial charge in [0.05, 0.1) is 18.2 Å². The summed E-state index contributed by atoms with van der Waals surface area (Å²) < 4.78 is 19.6. The highest BCUT2D eigenvalue weighted by Gasteiger charge is 2.15. The molecular weight excluding hydrogens is 345 g/mol. The minimum Gasteiger partial charge on any atom is -0.494 e. The lowest BCUT2D eigenvalue weighted by Crippen LogP contribution is -2.17. The Bertz CT molecular complexity index is 621. The third kappa shape index (κ3) is 3.14. The number of halogens is 3. The molecule has 1 unspecified atom stereocenters. The average molecular weight is 359 g/mol. The first kappa shape index (κ1) is 15.3. The van der Waals surface area contributed by atoms with Crippen LogP contribution < -0.4 is 10.1 Å². The van der Waals surface area contributed by atoms with Crippen LogP contribution in [0.5, 0.6) is 5.75 Å². The molecule has 1 N–H and O–H groups in total. The van der Waals surface area contributed by atoms with Crippen LogP contribution in [0.1, 0.15) is 17.2 Å². The summed E-state index contributed by atoms with van der Waals surface area (Å²) >= 11 is 9.47. The van der Waals surface area contributed by atoms with E-state index in [-0.39, 0.29) is 17.6 Å². The lowest BCUT2D eigenvalue weighted by Gasteiger charge is -2.18. The van der Waals surface area contributed by atoms with Crippen molar-refractivity contribution in [3.63, 3.8) is 0 Å². The van der Waals surface area contributed by atoms with E-state index in [1.807, 2.05) is 31.3 Å². The Labute approximate surface area is 131 Å². The second-order valence-corrected chi connectivity index (χ2v) is 5.55. The molecule has 2 aromatic carbocycles. The lowest BCUT2D eigenvalue weighted by molar-refractivity contribution is 0.386. The van der Waals surface area contributed by atoms with Crippen LogP contribution in [0.2, 0.25) is 5.02 Å². The van der Waals surface area contributed by atoms with E-state index in [4.69, 9.17) is 16.3 Å². The predicted molar refractivity (Wildman–Crippen MR) is 83.0 cm³/mol. The van der Waals surface area contributed by atoms with Crippen LogP contribution in [0.25, 0.3) is 0 Å². The van der Waals surface area contributed by atoms with Crippen LogP contribution in [0.15, 0.2) is 40.9 Å². The van der Waals surface area contributed by atoms with E-state index in [9.17, 15) is 4.39 Å². The quantitative estimate of drug-likeness (QED) is 0.865. The van der Waals surface area contributed by atoms with Gasteiger partial charge in [0.25, 0.3) is 0 Å². The first-order valence-corrected chi connectivity index (χ1v) is 7.19. The monoisotopic (exact) mass is 357 g/mol. The Balaban J connectivity index is 2.41. The van der Waals surface area contributed by atoms with Crippen LogP contribution in [0.3, 0.4) is 0 Å². The molecule has 0 aliphatic carbocycles. The maximum atomic E-state index is 13.8. The Morgan fingerprint density at radius 2 is 1.85 bits per heavy atom. The van der Waals surface area contributed by atoms with Crippen LogP contribution in [0.4, 0.5) is 4.39 Å². The fourth-order valence-electron chi connectivity index (χ4n) is 2.08. The van der Waals surface area contributed by atoms with Gasteiger partial charge in [-0.05, 0) is 58.4 Å². The first-order chi connectivity index (χ1) is 9.56. The predicted octanol–water partition coefficient (Wildman–Crippen LogP) is 4.56. The van der Waals surface area contributed by atoms with Crippen molar-refractivity contribution >= 4 is 27.5 Å². The third-order valence-corrected chi connectivity index (χ3v) is 4.31. The highest BCUT2D eigenvalue weighted by molar-refractivity contribution is 9.10. The van der Waals surface area contributed by atoms with Crippen molar-refractivity contribution in [1.29, 1.82) is 0 Å². The molecule has 0 aliphatic heterocycles. The molecule has 0 aliphatic rings. The first-order valence-electron chi connectivity index (χ1n) is 6.02. The van der Waals surface area contributed by atoms with Crippen LogP contribution in [-0.4, -0.2) is 14.2 Å². The lowest BCUT2D eigenvalue weighted by atomic mass is 9.98. The molecule has 0 aromatic heterocycles. The molecule has 1 atom stereocenters. The van der Waals surface area contributed by atoms with E-state index in [1.54, 1.807) is 6.07 Å². The summed E-state index contributed by atoms with van der Waals surface area (Å²) in [5.74, 6) is -0.147. The maximum absolute atomic E-state index is 13.8. The van der Waals surface area contributed by atoms with Gasteiger partial charge in [0.1, 0.15) is 0 Å². The topological polar surface area (TPSA) is 21.3 Å². The van der Waals surface area contributed by atoms with Gasteiger partial charge in [0, 0.05) is 4.47 Å². The van der Waals surface area contributed by atoms with Crippen molar-refractivity contribution in [3.8, 4) is 5.75 Å². The van der Waals surface area contributed by atoms with Gasteiger partial charge in [-0.2, -0.15) is 0 Å². The van der Waals surface area contributed by atoms with Crippen molar-refractivity contribution < 1.29 is 9.13 Å². The van der Waals surface area contributed by atoms with Crippen molar-refractivity contribution in [2.75, 3.05) is 14.2 Å². The number of hydrogen-bond donors (Lipinski definition) is 1. The summed E-state index contributed by atoms with van der Waals surface area (Å²) in [5, 5.41) is 3.79. The molecule has 2 rings (SSSR count). The van der Waals surface area contributed by atoms with Crippen molar-refractivity contribution in [2.45, 2.75) is 6.04 Å². The SMILES string of the molecule is CNC(c1ccc(OC)c(F)c1)c1ccc(Br)c(Cl)c1. The average Bonchev–Trinajstić information content (AvgIpc) is 2.44. The molecule has 0 amide bonds. The highest BCUT2D eigenvalue weighted by atomic mass is 79.9. The molecule has 20 heavy (non-hydrogen) atoms. The Kier molecular flexibility index (Phi) is 5.02. The summed E-state index contributed by atoms with van der Waals surface area (Å²) in [5.41, 5.74) is 1.77. The molecule has 0 saturated heterocycles. The number of rotatable bonds is 4. The number of ether oxygens (including phenoxy) is 1. The minimum atomic E-state index is -0.381. The second-order valence-electron chi connectivity index (χ2n) is 4.29. The number of hydrogen-bond acceptors (Lipinski definition) is 2. The molecule has 5 heteroatoms. The number of methoxy groups -OCH3 is 1. The van der Waals surface area contributed by atoms with Gasteiger partial charge in [0.2, 0.25) is 0 Å². The minimum absolute atomic E-state index is 0.138. The standard InChI is InChI=1S/C15H14BrClFNO/c1-19-15(9-3-5-11(16)12(17)7-9)10-4-6-14(20-2)13(18)8-10/h3-8,15,19H,1-2H3. The fraction of sp³-hybridized carbons (Fsp3) is 0.200. The van der Waals surface area contributed by atoms with Gasteiger partial charge in [0.15, 0.2) is 11.6 Å². The van der Waals surface area contributed by atoms with E-state index in [1.165, 1.54) is 13.2 Å². The van der Waals surface area contributed by atoms with E-state index in [0.717, 1.165) is 15.6 Å². The molecule has 2 aromatic rings. The van der Waals surface area contributed by atoms with E-state index >= 15 is 0 Å². The Morgan fingerprint density at radius 1 is 1.20 bits per heavy atom. The zero-order chi connectivity index (χ0) is 14.7. The molecule has 0 saturated carbocycles. The van der Waals surface area contributed by atoms with Gasteiger partial charge in [-0.3, -0.25) is 0 Å². The van der Waals surface area contributed by atoms with Crippen molar-refractivity contribution in [3.05, 3.63) is 62.8 Å². The van der Waals surface area contributed by atoms with Gasteiger partial charge < -0.3 is 10.1 Å². The Hall–Kier alpha value is -1.10. The zero-order valence-electron chi connectivity index (χ0n) is 11.1. The zero-order valence-corrected chi connectivity index (χ0v) is 13.4. The van der Waals surface area contributed by atoms with Gasteiger partial charge in [-0.1, -0.05) is 23.7 Å². The smallest absolute Gasteiger partial charge is 0.165 e. The van der Waals surface area contributed by atoms with Crippen LogP contribution in [0, 0.1) is 5.82 Å². The van der Waals surface area contributed by atoms with E-state index in [2.05, 4.69) is 21.2 Å². The molecule has 0 spiro atoms. The summed E-state index contributed by atoms with van der Waals surface area (Å²) in [6.45, 7) is 0. The fourth-order valence-corrected chi connectivity index (χ4v) is 2.52. The maximum Gasteiger partial charge on any atom is 0.165 e. The largest absolute Gasteiger partial charge is 0.494 e. The number of nitrogens with one attached hydrogen (secondary N) is 1. The summed E-state index contributed by atoms with van der Waals surface area (Å²) in [7, 11) is 3.27. The second kappa shape index (κ2) is 6.57. The molecule has 0 bridgehead atoms. The van der Waals surface area contributed by atoms with E-state index < -0.39 is 0 Å². The third-order valence-electron chi connectivity index (χ3n) is 3.07. The molecule has 106 valence electrons. The van der Waals surface area contributed by atoms with Gasteiger partial charge in [-0.25, -0.2) is 4.39 Å². The molecule has 2 nitrogen and oxygen atoms in total.